The summed E-state index contributed by atoms with van der Waals surface area (Å²) in [5.74, 6) is 1.28. The second-order valence-corrected chi connectivity index (χ2v) is 7.66. The number of rotatable bonds is 10. The van der Waals surface area contributed by atoms with Crippen LogP contribution in [0.2, 0.25) is 0 Å². The average Bonchev–Trinajstić information content (AvgIpc) is 3.55. The van der Waals surface area contributed by atoms with Gasteiger partial charge >= 0.3 is 0 Å². The predicted octanol–water partition coefficient (Wildman–Crippen LogP) is 3.43. The largest absolute Gasteiger partial charge is 0.493 e. The summed E-state index contributed by atoms with van der Waals surface area (Å²) < 4.78 is 14.4. The van der Waals surface area contributed by atoms with Crippen LogP contribution in [0.15, 0.2) is 73.4 Å². The number of para-hydroxylation sites is 1. The van der Waals surface area contributed by atoms with Crippen LogP contribution in [0.1, 0.15) is 22.3 Å². The van der Waals surface area contributed by atoms with Gasteiger partial charge in [0.25, 0.3) is 5.91 Å². The Balaban J connectivity index is 1.41. The number of anilines is 2. The molecule has 0 radical (unpaired) electrons. The second kappa shape index (κ2) is 11.0. The highest BCUT2D eigenvalue weighted by Crippen LogP contribution is 2.31. The number of hydrogen-bond donors (Lipinski definition) is 2. The van der Waals surface area contributed by atoms with Gasteiger partial charge in [0.1, 0.15) is 5.82 Å². The minimum atomic E-state index is -0.320. The molecule has 2 heterocycles. The van der Waals surface area contributed by atoms with Crippen molar-refractivity contribution >= 4 is 23.3 Å². The minimum Gasteiger partial charge on any atom is -0.493 e. The van der Waals surface area contributed by atoms with Crippen molar-refractivity contribution in [3.63, 3.8) is 0 Å². The quantitative estimate of drug-likeness (QED) is 0.364. The van der Waals surface area contributed by atoms with Crippen molar-refractivity contribution in [2.75, 3.05) is 24.9 Å². The normalized spacial score (nSPS) is 10.6. The molecule has 0 spiro atoms. The Hall–Kier alpha value is -4.60. The second-order valence-electron chi connectivity index (χ2n) is 7.66. The number of hydrogen-bond acceptors (Lipinski definition) is 6. The number of imidazole rings is 1. The maximum absolute atomic E-state index is 12.9. The number of ether oxygens (including phenoxy) is 2. The molecule has 10 heteroatoms. The number of aryl methyl sites for hydroxylation is 1. The lowest BCUT2D eigenvalue weighted by molar-refractivity contribution is -0.116. The van der Waals surface area contributed by atoms with Crippen LogP contribution in [0, 0.1) is 0 Å². The maximum Gasteiger partial charge on any atom is 0.256 e. The van der Waals surface area contributed by atoms with Gasteiger partial charge in [-0.25, -0.2) is 9.67 Å². The minimum absolute atomic E-state index is 0.151. The van der Waals surface area contributed by atoms with Crippen LogP contribution in [0.25, 0.3) is 0 Å². The number of methoxy groups -OCH3 is 2. The van der Waals surface area contributed by atoms with Crippen molar-refractivity contribution in [1.29, 1.82) is 0 Å². The first kappa shape index (κ1) is 23.6. The Morgan fingerprint density at radius 2 is 1.86 bits per heavy atom. The summed E-state index contributed by atoms with van der Waals surface area (Å²) in [5, 5.41) is 10.0. The third-order valence-corrected chi connectivity index (χ3v) is 5.33. The highest BCUT2D eigenvalue weighted by Gasteiger charge is 2.14. The summed E-state index contributed by atoms with van der Waals surface area (Å²) in [4.78, 5) is 29.2. The molecular weight excluding hydrogens is 448 g/mol. The zero-order valence-corrected chi connectivity index (χ0v) is 19.5. The topological polar surface area (TPSA) is 112 Å². The highest BCUT2D eigenvalue weighted by molar-refractivity contribution is 6.05. The number of amides is 2. The van der Waals surface area contributed by atoms with Gasteiger partial charge in [-0.15, -0.1) is 0 Å². The molecule has 2 N–H and O–H groups in total. The molecule has 10 nitrogen and oxygen atoms in total. The molecule has 4 aromatic rings. The molecule has 0 aliphatic carbocycles. The van der Waals surface area contributed by atoms with Crippen LogP contribution in [-0.2, 0) is 17.9 Å². The molecule has 0 aliphatic heterocycles. The first-order valence-electron chi connectivity index (χ1n) is 11.0. The molecule has 35 heavy (non-hydrogen) atoms. The van der Waals surface area contributed by atoms with Crippen molar-refractivity contribution in [3.05, 3.63) is 84.6 Å². The SMILES string of the molecule is COc1cccc(Cn2nccc2NC(=O)c2cccc(NC(=O)CCn3ccnc3)c2)c1OC. The van der Waals surface area contributed by atoms with Crippen molar-refractivity contribution < 1.29 is 19.1 Å². The van der Waals surface area contributed by atoms with Crippen LogP contribution < -0.4 is 20.1 Å². The molecule has 0 atom stereocenters. The number of carbonyl (C=O) groups excluding carboxylic acids is 2. The summed E-state index contributed by atoms with van der Waals surface area (Å²) in [6.07, 6.45) is 7.03. The first-order valence-corrected chi connectivity index (χ1v) is 11.0. The van der Waals surface area contributed by atoms with Gasteiger partial charge in [0, 0.05) is 48.2 Å². The van der Waals surface area contributed by atoms with E-state index in [1.807, 2.05) is 22.8 Å². The van der Waals surface area contributed by atoms with E-state index in [1.54, 1.807) is 74.2 Å². The van der Waals surface area contributed by atoms with E-state index in [0.29, 0.717) is 48.1 Å². The fourth-order valence-corrected chi connectivity index (χ4v) is 3.60. The molecule has 2 amide bonds. The van der Waals surface area contributed by atoms with E-state index < -0.39 is 0 Å². The van der Waals surface area contributed by atoms with Gasteiger partial charge in [0.05, 0.1) is 33.3 Å². The van der Waals surface area contributed by atoms with Crippen LogP contribution in [-0.4, -0.2) is 45.4 Å². The molecular formula is C25H26N6O4. The molecule has 0 saturated heterocycles. The van der Waals surface area contributed by atoms with Crippen molar-refractivity contribution in [2.45, 2.75) is 19.5 Å². The molecule has 2 aromatic heterocycles. The monoisotopic (exact) mass is 474 g/mol. The lowest BCUT2D eigenvalue weighted by Crippen LogP contribution is -2.17. The van der Waals surface area contributed by atoms with E-state index >= 15 is 0 Å². The Morgan fingerprint density at radius 1 is 1.00 bits per heavy atom. The average molecular weight is 475 g/mol. The van der Waals surface area contributed by atoms with Gasteiger partial charge < -0.3 is 24.7 Å². The predicted molar refractivity (Wildman–Crippen MR) is 131 cm³/mol. The fraction of sp³-hybridized carbons (Fsp3) is 0.200. The Kier molecular flexibility index (Phi) is 7.41. The van der Waals surface area contributed by atoms with Gasteiger partial charge in [0.2, 0.25) is 5.91 Å². The summed E-state index contributed by atoms with van der Waals surface area (Å²) in [5.41, 5.74) is 1.80. The Bertz CT molecular complexity index is 1300. The van der Waals surface area contributed by atoms with E-state index in [9.17, 15) is 9.59 Å². The van der Waals surface area contributed by atoms with Crippen molar-refractivity contribution in [1.82, 2.24) is 19.3 Å². The smallest absolute Gasteiger partial charge is 0.256 e. The zero-order valence-electron chi connectivity index (χ0n) is 19.5. The standard InChI is InChI=1S/C25H26N6O4/c1-34-21-8-4-6-19(24(21)35-2)16-31-22(9-11-27-31)29-25(33)18-5-3-7-20(15-18)28-23(32)10-13-30-14-12-26-17-30/h3-9,11-12,14-15,17H,10,13,16H2,1-2H3,(H,28,32)(H,29,33). The first-order chi connectivity index (χ1) is 17.1. The van der Waals surface area contributed by atoms with Gasteiger partial charge in [-0.3, -0.25) is 9.59 Å². The molecule has 0 aliphatic rings. The van der Waals surface area contributed by atoms with Crippen LogP contribution in [0.3, 0.4) is 0 Å². The summed E-state index contributed by atoms with van der Waals surface area (Å²) >= 11 is 0. The molecule has 2 aromatic carbocycles. The lowest BCUT2D eigenvalue weighted by Gasteiger charge is -2.14. The number of aromatic nitrogens is 4. The van der Waals surface area contributed by atoms with Crippen LogP contribution in [0.4, 0.5) is 11.5 Å². The van der Waals surface area contributed by atoms with E-state index in [4.69, 9.17) is 9.47 Å². The summed E-state index contributed by atoms with van der Waals surface area (Å²) in [7, 11) is 3.16. The lowest BCUT2D eigenvalue weighted by atomic mass is 10.1. The molecule has 180 valence electrons. The fourth-order valence-electron chi connectivity index (χ4n) is 3.60. The zero-order chi connectivity index (χ0) is 24.6. The molecule has 0 fully saturated rings. The maximum atomic E-state index is 12.9. The summed E-state index contributed by atoms with van der Waals surface area (Å²) in [6, 6.07) is 14.1. The molecule has 0 bridgehead atoms. The third kappa shape index (κ3) is 5.85. The van der Waals surface area contributed by atoms with Gasteiger partial charge in [0.15, 0.2) is 11.5 Å². The van der Waals surface area contributed by atoms with E-state index in [0.717, 1.165) is 5.56 Å². The van der Waals surface area contributed by atoms with Crippen molar-refractivity contribution in [2.24, 2.45) is 0 Å². The Labute approximate surface area is 202 Å². The van der Waals surface area contributed by atoms with Gasteiger partial charge in [-0.05, 0) is 24.3 Å². The summed E-state index contributed by atoms with van der Waals surface area (Å²) in [6.45, 7) is 0.893. The van der Waals surface area contributed by atoms with E-state index in [2.05, 4.69) is 20.7 Å². The molecule has 0 unspecified atom stereocenters. The highest BCUT2D eigenvalue weighted by atomic mass is 16.5. The van der Waals surface area contributed by atoms with Crippen LogP contribution >= 0.6 is 0 Å². The van der Waals surface area contributed by atoms with Crippen LogP contribution in [0.5, 0.6) is 11.5 Å². The molecule has 4 rings (SSSR count). The molecule has 0 saturated carbocycles. The third-order valence-electron chi connectivity index (χ3n) is 5.33. The van der Waals surface area contributed by atoms with Crippen molar-refractivity contribution in [3.8, 4) is 11.5 Å². The van der Waals surface area contributed by atoms with Gasteiger partial charge in [-0.2, -0.15) is 5.10 Å². The number of nitrogens with one attached hydrogen (secondary N) is 2. The van der Waals surface area contributed by atoms with Gasteiger partial charge in [-0.1, -0.05) is 18.2 Å². The number of carbonyl (C=O) groups is 2. The number of benzene rings is 2. The van der Waals surface area contributed by atoms with E-state index in [-0.39, 0.29) is 11.8 Å². The van der Waals surface area contributed by atoms with E-state index in [1.165, 1.54) is 0 Å². The Morgan fingerprint density at radius 3 is 2.63 bits per heavy atom. The number of nitrogens with zero attached hydrogens (tertiary/aromatic N) is 4.